The van der Waals surface area contributed by atoms with E-state index < -0.39 is 11.6 Å². The van der Waals surface area contributed by atoms with Gasteiger partial charge in [-0.05, 0) is 30.3 Å². The van der Waals surface area contributed by atoms with Crippen molar-refractivity contribution in [1.82, 2.24) is 14.1 Å². The Kier molecular flexibility index (Phi) is 4.84. The Balaban J connectivity index is 1.65. The van der Waals surface area contributed by atoms with E-state index in [4.69, 9.17) is 27.9 Å². The first kappa shape index (κ1) is 18.5. The molecule has 0 saturated heterocycles. The molecule has 0 saturated carbocycles. The van der Waals surface area contributed by atoms with Crippen molar-refractivity contribution in [2.45, 2.75) is 13.2 Å². The van der Waals surface area contributed by atoms with Gasteiger partial charge in [-0.25, -0.2) is 14.3 Å². The molecule has 3 heterocycles. The second-order valence-corrected chi connectivity index (χ2v) is 6.85. The number of carbonyl (C=O) groups is 1. The van der Waals surface area contributed by atoms with Gasteiger partial charge in [-0.3, -0.25) is 9.36 Å². The molecular formula is C18H14Cl2N4O4. The van der Waals surface area contributed by atoms with E-state index in [-0.39, 0.29) is 28.4 Å². The van der Waals surface area contributed by atoms with Gasteiger partial charge in [0, 0.05) is 5.69 Å². The highest BCUT2D eigenvalue weighted by molar-refractivity contribution is 6.32. The second kappa shape index (κ2) is 7.31. The maximum atomic E-state index is 12.6. The number of fused-ring (bicyclic) bond motifs is 1. The first-order valence-electron chi connectivity index (χ1n) is 8.30. The molecule has 4 rings (SSSR count). The van der Waals surface area contributed by atoms with Crippen LogP contribution in [0.2, 0.25) is 10.2 Å². The smallest absolute Gasteiger partial charge is 0.336 e. The van der Waals surface area contributed by atoms with E-state index in [9.17, 15) is 14.7 Å². The number of anilines is 1. The summed E-state index contributed by atoms with van der Waals surface area (Å²) in [7, 11) is 0. The van der Waals surface area contributed by atoms with Crippen molar-refractivity contribution < 1.29 is 14.6 Å². The molecule has 0 aliphatic carbocycles. The fraction of sp³-hybridized carbons (Fsp3) is 0.167. The molecule has 2 N–H and O–H groups in total. The number of aromatic hydroxyl groups is 1. The average Bonchev–Trinajstić information content (AvgIpc) is 2.93. The number of carbonyl (C=O) groups excluding carboxylic acids is 1. The zero-order chi connectivity index (χ0) is 19.8. The van der Waals surface area contributed by atoms with Crippen LogP contribution in [-0.2, 0) is 17.9 Å². The third-order valence-corrected chi connectivity index (χ3v) is 4.82. The van der Waals surface area contributed by atoms with Crippen LogP contribution >= 0.6 is 23.2 Å². The van der Waals surface area contributed by atoms with E-state index in [1.165, 1.54) is 22.8 Å². The van der Waals surface area contributed by atoms with Crippen molar-refractivity contribution in [3.8, 4) is 11.6 Å². The van der Waals surface area contributed by atoms with Gasteiger partial charge in [-0.1, -0.05) is 29.3 Å². The minimum atomic E-state index is -0.456. The van der Waals surface area contributed by atoms with Crippen LogP contribution in [0.25, 0.3) is 5.69 Å². The third-order valence-electron chi connectivity index (χ3n) is 4.31. The van der Waals surface area contributed by atoms with Gasteiger partial charge < -0.3 is 15.2 Å². The zero-order valence-electron chi connectivity index (χ0n) is 14.4. The van der Waals surface area contributed by atoms with E-state index in [1.807, 2.05) is 0 Å². The van der Waals surface area contributed by atoms with Crippen LogP contribution in [0.5, 0.6) is 5.88 Å². The second-order valence-electron chi connectivity index (χ2n) is 6.06. The van der Waals surface area contributed by atoms with Gasteiger partial charge in [0.15, 0.2) is 0 Å². The van der Waals surface area contributed by atoms with Crippen LogP contribution in [0.1, 0.15) is 16.2 Å². The molecule has 8 nitrogen and oxygen atoms in total. The molecule has 10 heteroatoms. The van der Waals surface area contributed by atoms with Gasteiger partial charge in [-0.15, -0.1) is 0 Å². The van der Waals surface area contributed by atoms with E-state index in [0.29, 0.717) is 30.2 Å². The Morgan fingerprint density at radius 2 is 2.07 bits per heavy atom. The van der Waals surface area contributed by atoms with Gasteiger partial charge in [0.05, 0.1) is 30.5 Å². The van der Waals surface area contributed by atoms with Crippen LogP contribution in [0.4, 0.5) is 5.69 Å². The molecule has 1 amide bonds. The molecule has 1 aromatic carbocycles. The Hall–Kier alpha value is -2.81. The summed E-state index contributed by atoms with van der Waals surface area (Å²) in [5.41, 5.74) is 0.848. The number of imidazole rings is 1. The average molecular weight is 421 g/mol. The number of hydrogen-bond acceptors (Lipinski definition) is 5. The van der Waals surface area contributed by atoms with Gasteiger partial charge in [0.1, 0.15) is 16.5 Å². The number of rotatable bonds is 3. The number of nitrogens with zero attached hydrogens (tertiary/aromatic N) is 3. The molecule has 0 atom stereocenters. The predicted octanol–water partition coefficient (Wildman–Crippen LogP) is 2.83. The van der Waals surface area contributed by atoms with E-state index in [2.05, 4.69) is 10.3 Å². The van der Waals surface area contributed by atoms with Crippen LogP contribution in [0, 0.1) is 0 Å². The van der Waals surface area contributed by atoms with Crippen molar-refractivity contribution in [1.29, 1.82) is 0 Å². The summed E-state index contributed by atoms with van der Waals surface area (Å²) in [4.78, 5) is 28.9. The molecule has 0 bridgehead atoms. The summed E-state index contributed by atoms with van der Waals surface area (Å²) in [6.45, 7) is 0.895. The Morgan fingerprint density at radius 1 is 1.25 bits per heavy atom. The summed E-state index contributed by atoms with van der Waals surface area (Å²) in [6, 6.07) is 9.31. The number of halogens is 2. The number of aromatic nitrogens is 3. The number of ether oxygens (including phenoxy) is 1. The maximum Gasteiger partial charge on any atom is 0.336 e. The lowest BCUT2D eigenvalue weighted by Gasteiger charge is -2.13. The monoisotopic (exact) mass is 420 g/mol. The molecule has 3 aromatic rings. The fourth-order valence-electron chi connectivity index (χ4n) is 2.99. The van der Waals surface area contributed by atoms with Crippen molar-refractivity contribution >= 4 is 34.8 Å². The highest BCUT2D eigenvalue weighted by Crippen LogP contribution is 2.29. The van der Waals surface area contributed by atoms with Crippen LogP contribution in [0.3, 0.4) is 0 Å². The molecule has 144 valence electrons. The lowest BCUT2D eigenvalue weighted by molar-refractivity contribution is 0.0819. The van der Waals surface area contributed by atoms with Gasteiger partial charge in [0.2, 0.25) is 5.88 Å². The van der Waals surface area contributed by atoms with Crippen molar-refractivity contribution in [3.63, 3.8) is 0 Å². The zero-order valence-corrected chi connectivity index (χ0v) is 15.9. The molecule has 0 unspecified atom stereocenters. The Labute approximate surface area is 168 Å². The molecule has 1 aliphatic heterocycles. The van der Waals surface area contributed by atoms with Gasteiger partial charge >= 0.3 is 5.69 Å². The molecule has 0 spiro atoms. The Morgan fingerprint density at radius 3 is 2.79 bits per heavy atom. The molecular weight excluding hydrogens is 407 g/mol. The summed E-state index contributed by atoms with van der Waals surface area (Å²) >= 11 is 12.1. The quantitative estimate of drug-likeness (QED) is 0.634. The fourth-order valence-corrected chi connectivity index (χ4v) is 3.42. The number of benzene rings is 1. The molecule has 2 aromatic heterocycles. The molecule has 0 radical (unpaired) electrons. The number of nitrogens with one attached hydrogen (secondary N) is 1. The summed E-state index contributed by atoms with van der Waals surface area (Å²) in [6.07, 6.45) is 0. The van der Waals surface area contributed by atoms with E-state index in [0.717, 1.165) is 4.57 Å². The number of amides is 1. The Bertz CT molecular complexity index is 1140. The van der Waals surface area contributed by atoms with E-state index in [1.54, 1.807) is 18.2 Å². The minimum absolute atomic E-state index is 0.145. The normalized spacial score (nSPS) is 13.2. The summed E-state index contributed by atoms with van der Waals surface area (Å²) in [5, 5.41) is 13.5. The highest BCUT2D eigenvalue weighted by Gasteiger charge is 2.24. The standard InChI is InChI=1S/C18H14Cl2N4O4/c19-11-8-10(21-16(25)12-2-1-3-15(20)22-12)4-5-13(11)24-17(26)14-9-28-7-6-23(14)18(24)27/h1-5,8,26H,6-7,9H2,(H,21,25). The lowest BCUT2D eigenvalue weighted by Crippen LogP contribution is -2.28. The topological polar surface area (TPSA) is 98.4 Å². The first-order valence-corrected chi connectivity index (χ1v) is 9.06. The van der Waals surface area contributed by atoms with Crippen LogP contribution in [-0.4, -0.2) is 31.7 Å². The first-order chi connectivity index (χ1) is 13.5. The van der Waals surface area contributed by atoms with Crippen molar-refractivity contribution in [2.24, 2.45) is 0 Å². The molecule has 1 aliphatic rings. The van der Waals surface area contributed by atoms with Gasteiger partial charge in [0.25, 0.3) is 5.91 Å². The van der Waals surface area contributed by atoms with Gasteiger partial charge in [-0.2, -0.15) is 0 Å². The van der Waals surface area contributed by atoms with Crippen LogP contribution in [0.15, 0.2) is 41.2 Å². The maximum absolute atomic E-state index is 12.6. The van der Waals surface area contributed by atoms with Crippen molar-refractivity contribution in [3.05, 3.63) is 68.4 Å². The summed E-state index contributed by atoms with van der Waals surface area (Å²) < 4.78 is 7.87. The van der Waals surface area contributed by atoms with Crippen molar-refractivity contribution in [2.75, 3.05) is 11.9 Å². The SMILES string of the molecule is O=C(Nc1ccc(-n2c(O)c3n(c2=O)CCOC3)c(Cl)c1)c1cccc(Cl)n1. The largest absolute Gasteiger partial charge is 0.493 e. The number of hydrogen-bond donors (Lipinski definition) is 2. The predicted molar refractivity (Wildman–Crippen MR) is 104 cm³/mol. The molecule has 28 heavy (non-hydrogen) atoms. The third kappa shape index (κ3) is 3.26. The molecule has 0 fully saturated rings. The summed E-state index contributed by atoms with van der Waals surface area (Å²) in [5.74, 6) is -0.672. The van der Waals surface area contributed by atoms with Crippen LogP contribution < -0.4 is 11.0 Å². The highest BCUT2D eigenvalue weighted by atomic mass is 35.5. The number of pyridine rings is 1. The minimum Gasteiger partial charge on any atom is -0.493 e. The lowest BCUT2D eigenvalue weighted by atomic mass is 10.2. The van der Waals surface area contributed by atoms with E-state index >= 15 is 0 Å².